The van der Waals surface area contributed by atoms with Crippen molar-refractivity contribution in [3.05, 3.63) is 0 Å². The summed E-state index contributed by atoms with van der Waals surface area (Å²) in [4.78, 5) is 0. The molecule has 0 aromatic carbocycles. The summed E-state index contributed by atoms with van der Waals surface area (Å²) < 4.78 is 0. The zero-order valence-corrected chi connectivity index (χ0v) is 7.61. The Labute approximate surface area is 65.0 Å². The highest BCUT2D eigenvalue weighted by molar-refractivity contribution is 4.88. The van der Waals surface area contributed by atoms with Crippen LogP contribution < -0.4 is 0 Å². The van der Waals surface area contributed by atoms with Gasteiger partial charge in [-0.3, -0.25) is 0 Å². The van der Waals surface area contributed by atoms with Crippen LogP contribution in [0.3, 0.4) is 0 Å². The molecule has 1 rings (SSSR count). The van der Waals surface area contributed by atoms with Crippen molar-refractivity contribution in [3.8, 4) is 0 Å². The quantitative estimate of drug-likeness (QED) is 0.561. The van der Waals surface area contributed by atoms with E-state index in [0.29, 0.717) is 0 Å². The first-order valence-electron chi connectivity index (χ1n) is 4.70. The van der Waals surface area contributed by atoms with Gasteiger partial charge >= 0.3 is 0 Å². The lowest BCUT2D eigenvalue weighted by molar-refractivity contribution is 0.0621. The highest BCUT2D eigenvalue weighted by Gasteiger charge is 2.37. The van der Waals surface area contributed by atoms with Crippen LogP contribution in [0.4, 0.5) is 0 Å². The van der Waals surface area contributed by atoms with E-state index in [9.17, 15) is 0 Å². The summed E-state index contributed by atoms with van der Waals surface area (Å²) in [5, 5.41) is 0. The molecule has 1 fully saturated rings. The predicted molar refractivity (Wildman–Crippen MR) is 46.0 cm³/mol. The van der Waals surface area contributed by atoms with Crippen LogP contribution in [-0.4, -0.2) is 0 Å². The third kappa shape index (κ3) is 1.53. The topological polar surface area (TPSA) is 0 Å². The van der Waals surface area contributed by atoms with Gasteiger partial charge in [-0.2, -0.15) is 0 Å². The third-order valence-electron chi connectivity index (χ3n) is 2.99. The van der Waals surface area contributed by atoms with Gasteiger partial charge in [-0.25, -0.2) is 0 Å². The van der Waals surface area contributed by atoms with Crippen LogP contribution in [0.25, 0.3) is 0 Å². The minimum absolute atomic E-state index is 0.745. The first-order chi connectivity index (χ1) is 4.70. The van der Waals surface area contributed by atoms with Gasteiger partial charge in [0.1, 0.15) is 0 Å². The van der Waals surface area contributed by atoms with Crippen LogP contribution in [0.15, 0.2) is 0 Å². The number of hydrogen-bond acceptors (Lipinski definition) is 0. The van der Waals surface area contributed by atoms with Crippen LogP contribution in [0, 0.1) is 11.3 Å². The van der Waals surface area contributed by atoms with E-state index in [-0.39, 0.29) is 0 Å². The van der Waals surface area contributed by atoms with Crippen molar-refractivity contribution in [3.63, 3.8) is 0 Å². The van der Waals surface area contributed by atoms with Crippen LogP contribution in [-0.2, 0) is 0 Å². The first-order valence-corrected chi connectivity index (χ1v) is 4.70. The van der Waals surface area contributed by atoms with Gasteiger partial charge < -0.3 is 0 Å². The zero-order chi connectivity index (χ0) is 7.61. The molecule has 0 bridgehead atoms. The molecule has 0 N–H and O–H groups in total. The molecule has 1 aliphatic carbocycles. The normalized spacial score (nSPS) is 39.3. The Hall–Kier alpha value is 0. The molecule has 0 atom stereocenters. The Morgan fingerprint density at radius 3 is 2.30 bits per heavy atom. The summed E-state index contributed by atoms with van der Waals surface area (Å²) in [5.41, 5.74) is 0.745. The molecule has 0 heterocycles. The second-order valence-electron chi connectivity index (χ2n) is 4.24. The third-order valence-corrected chi connectivity index (χ3v) is 2.99. The van der Waals surface area contributed by atoms with Gasteiger partial charge in [-0.05, 0) is 30.6 Å². The lowest BCUT2D eigenvalue weighted by Gasteiger charge is -2.45. The molecule has 0 radical (unpaired) electrons. The fourth-order valence-corrected chi connectivity index (χ4v) is 2.43. The Balaban J connectivity index is 2.20. The number of rotatable bonds is 3. The molecule has 0 amide bonds. The Bertz CT molecular complexity index is 98.6. The average molecular weight is 140 g/mol. The SMILES string of the molecule is CCCC1(C)CC(CC)C1. The molecular weight excluding hydrogens is 120 g/mol. The van der Waals surface area contributed by atoms with E-state index in [1.807, 2.05) is 0 Å². The molecule has 0 unspecified atom stereocenters. The van der Waals surface area contributed by atoms with Crippen LogP contribution in [0.2, 0.25) is 0 Å². The van der Waals surface area contributed by atoms with Gasteiger partial charge in [0.25, 0.3) is 0 Å². The monoisotopic (exact) mass is 140 g/mol. The fraction of sp³-hybridized carbons (Fsp3) is 1.00. The molecule has 0 aromatic heterocycles. The van der Waals surface area contributed by atoms with Crippen LogP contribution in [0.1, 0.15) is 52.9 Å². The van der Waals surface area contributed by atoms with E-state index in [1.165, 1.54) is 32.1 Å². The molecule has 0 heteroatoms. The lowest BCUT2D eigenvalue weighted by atomic mass is 9.60. The molecule has 10 heavy (non-hydrogen) atoms. The van der Waals surface area contributed by atoms with Gasteiger partial charge in [-0.15, -0.1) is 0 Å². The van der Waals surface area contributed by atoms with E-state index in [0.717, 1.165) is 11.3 Å². The molecular formula is C10H20. The van der Waals surface area contributed by atoms with Gasteiger partial charge in [0.15, 0.2) is 0 Å². The van der Waals surface area contributed by atoms with Crippen molar-refractivity contribution in [2.45, 2.75) is 52.9 Å². The van der Waals surface area contributed by atoms with Crippen molar-refractivity contribution in [1.82, 2.24) is 0 Å². The zero-order valence-electron chi connectivity index (χ0n) is 7.61. The van der Waals surface area contributed by atoms with Gasteiger partial charge in [-0.1, -0.05) is 33.6 Å². The molecule has 1 saturated carbocycles. The van der Waals surface area contributed by atoms with E-state index in [1.54, 1.807) is 0 Å². The maximum atomic E-state index is 2.45. The summed E-state index contributed by atoms with van der Waals surface area (Å²) >= 11 is 0. The smallest absolute Gasteiger partial charge is 0.0321 e. The van der Waals surface area contributed by atoms with E-state index in [2.05, 4.69) is 20.8 Å². The maximum Gasteiger partial charge on any atom is -0.0321 e. The highest BCUT2D eigenvalue weighted by atomic mass is 14.4. The van der Waals surface area contributed by atoms with Crippen molar-refractivity contribution in [2.24, 2.45) is 11.3 Å². The van der Waals surface area contributed by atoms with Gasteiger partial charge in [0.2, 0.25) is 0 Å². The minimum atomic E-state index is 0.745. The first kappa shape index (κ1) is 8.10. The van der Waals surface area contributed by atoms with Crippen molar-refractivity contribution < 1.29 is 0 Å². The van der Waals surface area contributed by atoms with Crippen molar-refractivity contribution >= 4 is 0 Å². The Kier molecular flexibility index (Phi) is 2.38. The maximum absolute atomic E-state index is 2.45. The van der Waals surface area contributed by atoms with E-state index in [4.69, 9.17) is 0 Å². The fourth-order valence-electron chi connectivity index (χ4n) is 2.43. The van der Waals surface area contributed by atoms with Crippen LogP contribution in [0.5, 0.6) is 0 Å². The van der Waals surface area contributed by atoms with E-state index < -0.39 is 0 Å². The highest BCUT2D eigenvalue weighted by Crippen LogP contribution is 2.49. The molecule has 0 aliphatic heterocycles. The standard InChI is InChI=1S/C10H20/c1-4-6-10(3)7-9(5-2)8-10/h9H,4-8H2,1-3H3. The largest absolute Gasteiger partial charge is 0.0654 e. The van der Waals surface area contributed by atoms with Crippen molar-refractivity contribution in [2.75, 3.05) is 0 Å². The van der Waals surface area contributed by atoms with Crippen molar-refractivity contribution in [1.29, 1.82) is 0 Å². The molecule has 0 spiro atoms. The van der Waals surface area contributed by atoms with Crippen LogP contribution >= 0.6 is 0 Å². The Morgan fingerprint density at radius 2 is 1.90 bits per heavy atom. The Morgan fingerprint density at radius 1 is 1.30 bits per heavy atom. The molecule has 1 aliphatic rings. The number of hydrogen-bond donors (Lipinski definition) is 0. The summed E-state index contributed by atoms with van der Waals surface area (Å²) in [7, 11) is 0. The summed E-state index contributed by atoms with van der Waals surface area (Å²) in [6.07, 6.45) is 7.21. The van der Waals surface area contributed by atoms with Gasteiger partial charge in [0.05, 0.1) is 0 Å². The lowest BCUT2D eigenvalue weighted by Crippen LogP contribution is -2.33. The minimum Gasteiger partial charge on any atom is -0.0654 e. The predicted octanol–water partition coefficient (Wildman–Crippen LogP) is 3.61. The summed E-state index contributed by atoms with van der Waals surface area (Å²) in [6.45, 7) is 7.06. The molecule has 0 saturated heterocycles. The second-order valence-corrected chi connectivity index (χ2v) is 4.24. The second kappa shape index (κ2) is 2.94. The molecule has 60 valence electrons. The average Bonchev–Trinajstić information content (AvgIpc) is 1.83. The summed E-state index contributed by atoms with van der Waals surface area (Å²) in [5.74, 6) is 1.07. The molecule has 0 nitrogen and oxygen atoms in total. The van der Waals surface area contributed by atoms with E-state index >= 15 is 0 Å². The molecule has 0 aromatic rings. The summed E-state index contributed by atoms with van der Waals surface area (Å²) in [6, 6.07) is 0. The van der Waals surface area contributed by atoms with Gasteiger partial charge in [0, 0.05) is 0 Å².